The van der Waals surface area contributed by atoms with Crippen LogP contribution >= 0.6 is 0 Å². The molecule has 4 nitrogen and oxygen atoms in total. The fraction of sp³-hybridized carbons (Fsp3) is 0.294. The van der Waals surface area contributed by atoms with Gasteiger partial charge >= 0.3 is 0 Å². The van der Waals surface area contributed by atoms with Gasteiger partial charge in [0.1, 0.15) is 0 Å². The van der Waals surface area contributed by atoms with E-state index in [1.54, 1.807) is 6.20 Å². The van der Waals surface area contributed by atoms with E-state index in [1.165, 1.54) is 0 Å². The van der Waals surface area contributed by atoms with Gasteiger partial charge in [-0.05, 0) is 37.6 Å². The Balaban J connectivity index is 1.74. The molecule has 0 bridgehead atoms. The molecular weight excluding hydrogens is 262 g/mol. The molecule has 0 saturated heterocycles. The number of pyridine rings is 1. The predicted molar refractivity (Wildman–Crippen MR) is 85.2 cm³/mol. The lowest BCUT2D eigenvalue weighted by molar-refractivity contribution is -0.120. The number of anilines is 1. The van der Waals surface area contributed by atoms with E-state index in [0.717, 1.165) is 16.9 Å². The first kappa shape index (κ1) is 15.0. The van der Waals surface area contributed by atoms with E-state index in [0.29, 0.717) is 13.0 Å². The Morgan fingerprint density at radius 2 is 1.95 bits per heavy atom. The second-order valence-electron chi connectivity index (χ2n) is 5.20. The highest BCUT2D eigenvalue weighted by atomic mass is 16.1. The number of amides is 1. The summed E-state index contributed by atoms with van der Waals surface area (Å²) in [5, 5.41) is 6.28. The van der Waals surface area contributed by atoms with Crippen molar-refractivity contribution >= 4 is 11.6 Å². The molecule has 2 rings (SSSR count). The first-order valence-electron chi connectivity index (χ1n) is 7.13. The molecule has 0 radical (unpaired) electrons. The van der Waals surface area contributed by atoms with Crippen molar-refractivity contribution in [3.05, 3.63) is 59.9 Å². The normalized spacial score (nSPS) is 11.7. The fourth-order valence-electron chi connectivity index (χ4n) is 1.99. The van der Waals surface area contributed by atoms with E-state index in [1.807, 2.05) is 56.3 Å². The van der Waals surface area contributed by atoms with Crippen LogP contribution in [0.5, 0.6) is 0 Å². The molecule has 2 aromatic rings. The van der Waals surface area contributed by atoms with Crippen LogP contribution < -0.4 is 10.6 Å². The molecule has 1 atom stereocenters. The topological polar surface area (TPSA) is 54.0 Å². The first-order chi connectivity index (χ1) is 10.1. The van der Waals surface area contributed by atoms with E-state index in [4.69, 9.17) is 0 Å². The number of carbonyl (C=O) groups excluding carboxylic acids is 1. The van der Waals surface area contributed by atoms with E-state index in [-0.39, 0.29) is 11.9 Å². The van der Waals surface area contributed by atoms with Crippen molar-refractivity contribution in [2.75, 3.05) is 11.9 Å². The molecule has 4 heteroatoms. The SMILES string of the molecule is Cc1ccc(CC(=O)NC[C@@H](C)Nc2ccccc2)cn1. The van der Waals surface area contributed by atoms with Gasteiger partial charge in [-0.3, -0.25) is 9.78 Å². The Hall–Kier alpha value is -2.36. The summed E-state index contributed by atoms with van der Waals surface area (Å²) in [6, 6.07) is 14.0. The van der Waals surface area contributed by atoms with Crippen molar-refractivity contribution in [3.8, 4) is 0 Å². The third-order valence-electron chi connectivity index (χ3n) is 3.13. The van der Waals surface area contributed by atoms with Crippen LogP contribution in [0.2, 0.25) is 0 Å². The molecule has 110 valence electrons. The van der Waals surface area contributed by atoms with Crippen molar-refractivity contribution < 1.29 is 4.79 Å². The standard InChI is InChI=1S/C17H21N3O/c1-13-8-9-15(12-18-13)10-17(21)19-11-14(2)20-16-6-4-3-5-7-16/h3-9,12,14,20H,10-11H2,1-2H3,(H,19,21)/t14-/m1/s1. The molecule has 1 aromatic heterocycles. The summed E-state index contributed by atoms with van der Waals surface area (Å²) in [5.41, 5.74) is 2.95. The molecular formula is C17H21N3O. The second kappa shape index (κ2) is 7.43. The van der Waals surface area contributed by atoms with Gasteiger partial charge in [0.25, 0.3) is 0 Å². The molecule has 0 aliphatic rings. The number of nitrogens with one attached hydrogen (secondary N) is 2. The number of nitrogens with zero attached hydrogens (tertiary/aromatic N) is 1. The van der Waals surface area contributed by atoms with Crippen LogP contribution in [0.1, 0.15) is 18.2 Å². The summed E-state index contributed by atoms with van der Waals surface area (Å²) in [4.78, 5) is 16.1. The average Bonchev–Trinajstić information content (AvgIpc) is 2.49. The number of aryl methyl sites for hydroxylation is 1. The minimum absolute atomic E-state index is 0.0161. The molecule has 1 amide bonds. The maximum absolute atomic E-state index is 11.9. The van der Waals surface area contributed by atoms with Crippen molar-refractivity contribution in [2.24, 2.45) is 0 Å². The Morgan fingerprint density at radius 1 is 1.19 bits per heavy atom. The predicted octanol–water partition coefficient (Wildman–Crippen LogP) is 2.55. The number of benzene rings is 1. The smallest absolute Gasteiger partial charge is 0.224 e. The van der Waals surface area contributed by atoms with Crippen LogP contribution in [-0.4, -0.2) is 23.5 Å². The van der Waals surface area contributed by atoms with Gasteiger partial charge in [0.2, 0.25) is 5.91 Å². The number of carbonyl (C=O) groups is 1. The Bertz CT molecular complexity index is 566. The van der Waals surface area contributed by atoms with Crippen molar-refractivity contribution in [2.45, 2.75) is 26.3 Å². The maximum atomic E-state index is 11.9. The number of rotatable bonds is 6. The zero-order valence-electron chi connectivity index (χ0n) is 12.5. The Labute approximate surface area is 125 Å². The van der Waals surface area contributed by atoms with Gasteiger partial charge in [0.05, 0.1) is 6.42 Å². The third-order valence-corrected chi connectivity index (χ3v) is 3.13. The van der Waals surface area contributed by atoms with Crippen molar-refractivity contribution in [3.63, 3.8) is 0 Å². The first-order valence-corrected chi connectivity index (χ1v) is 7.13. The Morgan fingerprint density at radius 3 is 2.62 bits per heavy atom. The highest BCUT2D eigenvalue weighted by molar-refractivity contribution is 5.78. The van der Waals surface area contributed by atoms with E-state index in [2.05, 4.69) is 15.6 Å². The lowest BCUT2D eigenvalue weighted by Crippen LogP contribution is -2.35. The molecule has 0 aliphatic heterocycles. The van der Waals surface area contributed by atoms with Gasteiger partial charge in [-0.2, -0.15) is 0 Å². The minimum Gasteiger partial charge on any atom is -0.381 e. The zero-order valence-corrected chi connectivity index (χ0v) is 12.5. The van der Waals surface area contributed by atoms with E-state index in [9.17, 15) is 4.79 Å². The fourth-order valence-corrected chi connectivity index (χ4v) is 1.99. The van der Waals surface area contributed by atoms with E-state index >= 15 is 0 Å². The van der Waals surface area contributed by atoms with E-state index < -0.39 is 0 Å². The molecule has 1 heterocycles. The number of para-hydroxylation sites is 1. The lowest BCUT2D eigenvalue weighted by atomic mass is 10.2. The van der Waals surface area contributed by atoms with Crippen LogP contribution in [0, 0.1) is 6.92 Å². The average molecular weight is 283 g/mol. The van der Waals surface area contributed by atoms with Gasteiger partial charge in [-0.25, -0.2) is 0 Å². The molecule has 0 aliphatic carbocycles. The summed E-state index contributed by atoms with van der Waals surface area (Å²) in [6.45, 7) is 4.56. The van der Waals surface area contributed by atoms with Crippen LogP contribution in [0.3, 0.4) is 0 Å². The summed E-state index contributed by atoms with van der Waals surface area (Å²) in [7, 11) is 0. The van der Waals surface area contributed by atoms with Crippen LogP contribution in [0.4, 0.5) is 5.69 Å². The van der Waals surface area contributed by atoms with Crippen LogP contribution in [-0.2, 0) is 11.2 Å². The molecule has 0 saturated carbocycles. The molecule has 0 fully saturated rings. The molecule has 0 spiro atoms. The second-order valence-corrected chi connectivity index (χ2v) is 5.20. The quantitative estimate of drug-likeness (QED) is 0.856. The van der Waals surface area contributed by atoms with Crippen LogP contribution in [0.25, 0.3) is 0 Å². The third kappa shape index (κ3) is 5.26. The lowest BCUT2D eigenvalue weighted by Gasteiger charge is -2.16. The van der Waals surface area contributed by atoms with Gasteiger partial charge in [-0.1, -0.05) is 24.3 Å². The molecule has 1 aromatic carbocycles. The van der Waals surface area contributed by atoms with Gasteiger partial charge in [0, 0.05) is 30.2 Å². The molecule has 21 heavy (non-hydrogen) atoms. The summed E-state index contributed by atoms with van der Waals surface area (Å²) >= 11 is 0. The number of aromatic nitrogens is 1. The summed E-state index contributed by atoms with van der Waals surface area (Å²) in [6.07, 6.45) is 2.12. The minimum atomic E-state index is 0.0161. The summed E-state index contributed by atoms with van der Waals surface area (Å²) in [5.74, 6) is 0.0161. The Kier molecular flexibility index (Phi) is 5.32. The highest BCUT2D eigenvalue weighted by Gasteiger charge is 2.06. The van der Waals surface area contributed by atoms with Gasteiger partial charge < -0.3 is 10.6 Å². The summed E-state index contributed by atoms with van der Waals surface area (Å²) < 4.78 is 0. The zero-order chi connectivity index (χ0) is 15.1. The number of hydrogen-bond acceptors (Lipinski definition) is 3. The number of hydrogen-bond donors (Lipinski definition) is 2. The molecule has 0 unspecified atom stereocenters. The largest absolute Gasteiger partial charge is 0.381 e. The van der Waals surface area contributed by atoms with Crippen molar-refractivity contribution in [1.29, 1.82) is 0 Å². The van der Waals surface area contributed by atoms with Crippen molar-refractivity contribution in [1.82, 2.24) is 10.3 Å². The monoisotopic (exact) mass is 283 g/mol. The van der Waals surface area contributed by atoms with Gasteiger partial charge in [-0.15, -0.1) is 0 Å². The van der Waals surface area contributed by atoms with Crippen LogP contribution in [0.15, 0.2) is 48.7 Å². The molecule has 2 N–H and O–H groups in total. The highest BCUT2D eigenvalue weighted by Crippen LogP contribution is 2.06. The van der Waals surface area contributed by atoms with Gasteiger partial charge in [0.15, 0.2) is 0 Å². The maximum Gasteiger partial charge on any atom is 0.224 e.